The lowest BCUT2D eigenvalue weighted by atomic mass is 9.89. The standard InChI is InChI=1S/C12H22O4S/c1-5-16-11(14)12(2,3)10(13)9-17-8-6-7-15-4/h5-9H2,1-4H3. The van der Waals surface area contributed by atoms with Gasteiger partial charge in [-0.05, 0) is 32.9 Å². The summed E-state index contributed by atoms with van der Waals surface area (Å²) < 4.78 is 9.80. The van der Waals surface area contributed by atoms with Crippen LogP contribution in [0.3, 0.4) is 0 Å². The molecule has 0 spiro atoms. The molecule has 0 aromatic rings. The number of carbonyl (C=O) groups excluding carboxylic acids is 2. The van der Waals surface area contributed by atoms with Gasteiger partial charge in [0.1, 0.15) is 5.41 Å². The highest BCUT2D eigenvalue weighted by molar-refractivity contribution is 7.99. The van der Waals surface area contributed by atoms with Gasteiger partial charge in [-0.1, -0.05) is 0 Å². The molecule has 17 heavy (non-hydrogen) atoms. The summed E-state index contributed by atoms with van der Waals surface area (Å²) in [5, 5.41) is 0. The lowest BCUT2D eigenvalue weighted by Crippen LogP contribution is -2.36. The van der Waals surface area contributed by atoms with Crippen LogP contribution in [0, 0.1) is 5.41 Å². The van der Waals surface area contributed by atoms with Gasteiger partial charge in [0.05, 0.1) is 12.4 Å². The van der Waals surface area contributed by atoms with Gasteiger partial charge < -0.3 is 9.47 Å². The first kappa shape index (κ1) is 16.4. The molecule has 0 N–H and O–H groups in total. The molecule has 0 unspecified atom stereocenters. The first-order chi connectivity index (χ1) is 7.96. The number of thioether (sulfide) groups is 1. The van der Waals surface area contributed by atoms with Crippen LogP contribution in [0.25, 0.3) is 0 Å². The molecule has 0 fully saturated rings. The number of esters is 1. The zero-order chi connectivity index (χ0) is 13.3. The van der Waals surface area contributed by atoms with Gasteiger partial charge in [-0.15, -0.1) is 0 Å². The van der Waals surface area contributed by atoms with E-state index in [1.165, 1.54) is 11.8 Å². The van der Waals surface area contributed by atoms with Crippen LogP contribution in [-0.2, 0) is 19.1 Å². The Morgan fingerprint density at radius 2 is 1.94 bits per heavy atom. The fraction of sp³-hybridized carbons (Fsp3) is 0.833. The van der Waals surface area contributed by atoms with Crippen molar-refractivity contribution in [3.8, 4) is 0 Å². The van der Waals surface area contributed by atoms with Gasteiger partial charge in [-0.2, -0.15) is 11.8 Å². The van der Waals surface area contributed by atoms with E-state index in [1.54, 1.807) is 27.9 Å². The number of ketones is 1. The van der Waals surface area contributed by atoms with Crippen LogP contribution >= 0.6 is 11.8 Å². The Hall–Kier alpha value is -0.550. The monoisotopic (exact) mass is 262 g/mol. The highest BCUT2D eigenvalue weighted by Crippen LogP contribution is 2.21. The molecule has 0 saturated carbocycles. The Balaban J connectivity index is 3.99. The Morgan fingerprint density at radius 3 is 2.47 bits per heavy atom. The van der Waals surface area contributed by atoms with Gasteiger partial charge in [0.15, 0.2) is 5.78 Å². The molecule has 0 radical (unpaired) electrons. The first-order valence-corrected chi connectivity index (χ1v) is 6.89. The topological polar surface area (TPSA) is 52.6 Å². The zero-order valence-electron chi connectivity index (χ0n) is 11.1. The third-order valence-electron chi connectivity index (χ3n) is 2.35. The van der Waals surface area contributed by atoms with Crippen LogP contribution < -0.4 is 0 Å². The highest BCUT2D eigenvalue weighted by Gasteiger charge is 2.36. The van der Waals surface area contributed by atoms with Crippen LogP contribution in [0.1, 0.15) is 27.2 Å². The number of hydrogen-bond acceptors (Lipinski definition) is 5. The SMILES string of the molecule is CCOC(=O)C(C)(C)C(=O)CSCCCOC. The molecule has 0 rings (SSSR count). The second kappa shape index (κ2) is 8.53. The molecule has 0 aromatic heterocycles. The molecule has 0 atom stereocenters. The average Bonchev–Trinajstić information content (AvgIpc) is 2.28. The van der Waals surface area contributed by atoms with Crippen molar-refractivity contribution >= 4 is 23.5 Å². The van der Waals surface area contributed by atoms with E-state index < -0.39 is 11.4 Å². The van der Waals surface area contributed by atoms with Crippen molar-refractivity contribution in [1.29, 1.82) is 0 Å². The first-order valence-electron chi connectivity index (χ1n) is 5.74. The molecule has 0 aliphatic heterocycles. The van der Waals surface area contributed by atoms with Crippen molar-refractivity contribution in [3.05, 3.63) is 0 Å². The van der Waals surface area contributed by atoms with Crippen LogP contribution in [0.2, 0.25) is 0 Å². The van der Waals surface area contributed by atoms with E-state index in [0.717, 1.165) is 12.2 Å². The van der Waals surface area contributed by atoms with Crippen molar-refractivity contribution in [1.82, 2.24) is 0 Å². The number of carbonyl (C=O) groups is 2. The Kier molecular flexibility index (Phi) is 8.25. The number of rotatable bonds is 9. The summed E-state index contributed by atoms with van der Waals surface area (Å²) >= 11 is 1.53. The maximum atomic E-state index is 11.9. The van der Waals surface area contributed by atoms with Gasteiger partial charge in [-0.25, -0.2) is 0 Å². The molecule has 0 aliphatic rings. The second-order valence-electron chi connectivity index (χ2n) is 4.17. The highest BCUT2D eigenvalue weighted by atomic mass is 32.2. The lowest BCUT2D eigenvalue weighted by Gasteiger charge is -2.20. The van der Waals surface area contributed by atoms with E-state index in [4.69, 9.17) is 9.47 Å². The summed E-state index contributed by atoms with van der Waals surface area (Å²) in [6, 6.07) is 0. The van der Waals surface area contributed by atoms with Crippen molar-refractivity contribution in [2.75, 3.05) is 31.8 Å². The average molecular weight is 262 g/mol. The predicted octanol–water partition coefficient (Wildman–Crippen LogP) is 1.91. The summed E-state index contributed by atoms with van der Waals surface area (Å²) in [7, 11) is 1.65. The maximum absolute atomic E-state index is 11.9. The smallest absolute Gasteiger partial charge is 0.319 e. The molecular formula is C12H22O4S. The van der Waals surface area contributed by atoms with E-state index in [9.17, 15) is 9.59 Å². The minimum atomic E-state index is -1.04. The number of Topliss-reactive ketones (excluding diaryl/α,β-unsaturated/α-hetero) is 1. The second-order valence-corrected chi connectivity index (χ2v) is 5.27. The maximum Gasteiger partial charge on any atom is 0.319 e. The number of hydrogen-bond donors (Lipinski definition) is 0. The Bertz CT molecular complexity index is 251. The van der Waals surface area contributed by atoms with Crippen molar-refractivity contribution in [2.45, 2.75) is 27.2 Å². The minimum Gasteiger partial charge on any atom is -0.465 e. The summed E-state index contributed by atoms with van der Waals surface area (Å²) in [4.78, 5) is 23.4. The van der Waals surface area contributed by atoms with Gasteiger partial charge in [-0.3, -0.25) is 9.59 Å². The number of ether oxygens (including phenoxy) is 2. The fourth-order valence-corrected chi connectivity index (χ4v) is 2.09. The molecule has 5 heteroatoms. The molecule has 0 aliphatic carbocycles. The molecule has 0 amide bonds. The largest absolute Gasteiger partial charge is 0.465 e. The summed E-state index contributed by atoms with van der Waals surface area (Å²) in [6.45, 7) is 5.96. The van der Waals surface area contributed by atoms with Gasteiger partial charge in [0.2, 0.25) is 0 Å². The van der Waals surface area contributed by atoms with Crippen molar-refractivity contribution < 1.29 is 19.1 Å². The van der Waals surface area contributed by atoms with Crippen molar-refractivity contribution in [2.24, 2.45) is 5.41 Å². The molecule has 0 aromatic carbocycles. The van der Waals surface area contributed by atoms with Gasteiger partial charge in [0.25, 0.3) is 0 Å². The van der Waals surface area contributed by atoms with Crippen LogP contribution in [0.5, 0.6) is 0 Å². The molecule has 0 heterocycles. The van der Waals surface area contributed by atoms with E-state index in [1.807, 2.05) is 0 Å². The van der Waals surface area contributed by atoms with Crippen molar-refractivity contribution in [3.63, 3.8) is 0 Å². The molecule has 0 saturated heterocycles. The van der Waals surface area contributed by atoms with Crippen LogP contribution in [-0.4, -0.2) is 43.6 Å². The predicted molar refractivity (Wildman–Crippen MR) is 69.2 cm³/mol. The van der Waals surface area contributed by atoms with Gasteiger partial charge >= 0.3 is 5.97 Å². The van der Waals surface area contributed by atoms with E-state index in [-0.39, 0.29) is 5.78 Å². The van der Waals surface area contributed by atoms with Crippen LogP contribution in [0.4, 0.5) is 0 Å². The molecular weight excluding hydrogens is 240 g/mol. The summed E-state index contributed by atoms with van der Waals surface area (Å²) in [5.41, 5.74) is -1.04. The Morgan fingerprint density at radius 1 is 1.29 bits per heavy atom. The lowest BCUT2D eigenvalue weighted by molar-refractivity contribution is -0.157. The third-order valence-corrected chi connectivity index (χ3v) is 3.40. The molecule has 100 valence electrons. The summed E-state index contributed by atoms with van der Waals surface area (Å²) in [6.07, 6.45) is 0.911. The number of methoxy groups -OCH3 is 1. The van der Waals surface area contributed by atoms with E-state index in [0.29, 0.717) is 19.0 Å². The molecule has 0 bridgehead atoms. The van der Waals surface area contributed by atoms with E-state index >= 15 is 0 Å². The minimum absolute atomic E-state index is 0.0848. The molecule has 4 nitrogen and oxygen atoms in total. The van der Waals surface area contributed by atoms with E-state index in [2.05, 4.69) is 0 Å². The van der Waals surface area contributed by atoms with Gasteiger partial charge in [0, 0.05) is 13.7 Å². The normalized spacial score (nSPS) is 11.3. The quantitative estimate of drug-likeness (QED) is 0.361. The zero-order valence-corrected chi connectivity index (χ0v) is 11.9. The summed E-state index contributed by atoms with van der Waals surface area (Å²) in [5.74, 6) is 0.675. The Labute approximate surface area is 107 Å². The third kappa shape index (κ3) is 6.07. The van der Waals surface area contributed by atoms with Crippen LogP contribution in [0.15, 0.2) is 0 Å². The fourth-order valence-electron chi connectivity index (χ4n) is 1.08.